The van der Waals surface area contributed by atoms with Crippen molar-refractivity contribution in [3.05, 3.63) is 16.8 Å². The molecule has 0 aromatic carbocycles. The molecule has 3 rings (SSSR count). The van der Waals surface area contributed by atoms with Crippen LogP contribution in [0.3, 0.4) is 0 Å². The number of aryl methyl sites for hydroxylation is 1. The first kappa shape index (κ1) is 15.7. The maximum Gasteiger partial charge on any atom is 0.320 e. The maximum atomic E-state index is 12.1. The lowest BCUT2D eigenvalue weighted by Crippen LogP contribution is -2.31. The molecule has 0 bridgehead atoms. The van der Waals surface area contributed by atoms with Gasteiger partial charge in [-0.2, -0.15) is 5.10 Å². The van der Waals surface area contributed by atoms with Gasteiger partial charge in [0.1, 0.15) is 10.8 Å². The van der Waals surface area contributed by atoms with E-state index in [1.165, 1.54) is 24.2 Å². The molecule has 23 heavy (non-hydrogen) atoms. The Balaban J connectivity index is 1.53. The summed E-state index contributed by atoms with van der Waals surface area (Å²) in [6.07, 6.45) is 3.08. The van der Waals surface area contributed by atoms with E-state index in [-0.39, 0.29) is 6.03 Å². The average Bonchev–Trinajstić information content (AvgIpc) is 3.18. The molecule has 1 aliphatic carbocycles. The number of anilines is 2. The van der Waals surface area contributed by atoms with Crippen molar-refractivity contribution in [2.24, 2.45) is 5.92 Å². The van der Waals surface area contributed by atoms with E-state index in [2.05, 4.69) is 32.9 Å². The van der Waals surface area contributed by atoms with Crippen molar-refractivity contribution in [2.45, 2.75) is 39.2 Å². The molecule has 2 amide bonds. The molecule has 1 aliphatic rings. The zero-order valence-electron chi connectivity index (χ0n) is 13.2. The van der Waals surface area contributed by atoms with Crippen LogP contribution in [0.5, 0.6) is 0 Å². The molecule has 1 fully saturated rings. The fourth-order valence-corrected chi connectivity index (χ4v) is 3.12. The molecule has 4 N–H and O–H groups in total. The Morgan fingerprint density at radius 1 is 1.52 bits per heavy atom. The quantitative estimate of drug-likeness (QED) is 0.747. The van der Waals surface area contributed by atoms with Crippen LogP contribution in [0.2, 0.25) is 0 Å². The van der Waals surface area contributed by atoms with Crippen LogP contribution in [0.15, 0.2) is 6.07 Å². The Labute approximate surface area is 138 Å². The van der Waals surface area contributed by atoms with E-state index in [1.807, 2.05) is 17.7 Å². The van der Waals surface area contributed by atoms with Gasteiger partial charge < -0.3 is 11.1 Å². The summed E-state index contributed by atoms with van der Waals surface area (Å²) in [4.78, 5) is 12.1. The fraction of sp³-hybridized carbons (Fsp3) is 0.571. The van der Waals surface area contributed by atoms with Crippen LogP contribution in [0, 0.1) is 12.8 Å². The number of carbonyl (C=O) groups excluding carboxylic acids is 1. The summed E-state index contributed by atoms with van der Waals surface area (Å²) < 4.78 is 1.91. The standard InChI is InChI=1S/C14H21N7OS/c1-8-7-11(21(20-8)9(2)10-3-4-10)17-14(22)16-6-5-12-18-19-13(15)23-12/h7,9-10H,3-6H2,1-2H3,(H2,15,19)(H2,16,17,22)/t9-/m1/s1. The normalized spacial score (nSPS) is 15.4. The van der Waals surface area contributed by atoms with E-state index in [4.69, 9.17) is 5.73 Å². The van der Waals surface area contributed by atoms with Gasteiger partial charge in [-0.25, -0.2) is 9.48 Å². The van der Waals surface area contributed by atoms with Gasteiger partial charge in [-0.05, 0) is 32.6 Å². The molecule has 0 aliphatic heterocycles. The monoisotopic (exact) mass is 335 g/mol. The molecule has 8 nitrogen and oxygen atoms in total. The highest BCUT2D eigenvalue weighted by Gasteiger charge is 2.31. The summed E-state index contributed by atoms with van der Waals surface area (Å²) in [6, 6.07) is 1.96. The van der Waals surface area contributed by atoms with Crippen LogP contribution < -0.4 is 16.4 Å². The first-order chi connectivity index (χ1) is 11.0. The lowest BCUT2D eigenvalue weighted by Gasteiger charge is -2.15. The Kier molecular flexibility index (Phi) is 4.46. The minimum absolute atomic E-state index is 0.244. The molecule has 2 aromatic heterocycles. The zero-order chi connectivity index (χ0) is 16.4. The van der Waals surface area contributed by atoms with Crippen molar-refractivity contribution in [1.82, 2.24) is 25.3 Å². The molecule has 2 aromatic rings. The zero-order valence-corrected chi connectivity index (χ0v) is 14.1. The Morgan fingerprint density at radius 2 is 2.30 bits per heavy atom. The summed E-state index contributed by atoms with van der Waals surface area (Å²) in [5.74, 6) is 1.40. The molecule has 0 unspecified atom stereocenters. The van der Waals surface area contributed by atoms with Crippen LogP contribution >= 0.6 is 11.3 Å². The third-order valence-electron chi connectivity index (χ3n) is 3.90. The van der Waals surface area contributed by atoms with Crippen molar-refractivity contribution >= 4 is 28.3 Å². The van der Waals surface area contributed by atoms with E-state index in [9.17, 15) is 4.79 Å². The SMILES string of the molecule is Cc1cc(NC(=O)NCCc2nnc(N)s2)n([C@H](C)C2CC2)n1. The molecular weight excluding hydrogens is 314 g/mol. The number of nitrogens with two attached hydrogens (primary N) is 1. The van der Waals surface area contributed by atoms with Crippen molar-refractivity contribution in [2.75, 3.05) is 17.6 Å². The van der Waals surface area contributed by atoms with E-state index in [0.29, 0.717) is 30.1 Å². The first-order valence-corrected chi connectivity index (χ1v) is 8.53. The van der Waals surface area contributed by atoms with Crippen molar-refractivity contribution < 1.29 is 4.79 Å². The number of urea groups is 1. The van der Waals surface area contributed by atoms with Crippen LogP contribution in [-0.4, -0.2) is 32.6 Å². The second kappa shape index (κ2) is 6.53. The number of nitrogens with zero attached hydrogens (tertiary/aromatic N) is 4. The number of hydrogen-bond donors (Lipinski definition) is 3. The number of aromatic nitrogens is 4. The molecule has 0 saturated heterocycles. The number of nitrogen functional groups attached to an aromatic ring is 1. The molecule has 0 spiro atoms. The summed E-state index contributed by atoms with van der Waals surface area (Å²) in [5.41, 5.74) is 6.42. The molecule has 2 heterocycles. The largest absolute Gasteiger partial charge is 0.374 e. The van der Waals surface area contributed by atoms with Crippen molar-refractivity contribution in [3.8, 4) is 0 Å². The first-order valence-electron chi connectivity index (χ1n) is 7.72. The van der Waals surface area contributed by atoms with Gasteiger partial charge >= 0.3 is 6.03 Å². The van der Waals surface area contributed by atoms with E-state index in [0.717, 1.165) is 16.5 Å². The highest BCUT2D eigenvalue weighted by atomic mass is 32.1. The minimum Gasteiger partial charge on any atom is -0.374 e. The lowest BCUT2D eigenvalue weighted by molar-refractivity contribution is 0.252. The highest BCUT2D eigenvalue weighted by molar-refractivity contribution is 7.15. The summed E-state index contributed by atoms with van der Waals surface area (Å²) in [6.45, 7) is 4.55. The second-order valence-corrected chi connectivity index (χ2v) is 6.95. The molecule has 124 valence electrons. The lowest BCUT2D eigenvalue weighted by atomic mass is 10.2. The summed E-state index contributed by atoms with van der Waals surface area (Å²) >= 11 is 1.33. The van der Waals surface area contributed by atoms with E-state index >= 15 is 0 Å². The Hall–Kier alpha value is -2.16. The number of amides is 2. The van der Waals surface area contributed by atoms with E-state index in [1.54, 1.807) is 0 Å². The maximum absolute atomic E-state index is 12.1. The Bertz CT molecular complexity index is 691. The topological polar surface area (TPSA) is 111 Å². The second-order valence-electron chi connectivity index (χ2n) is 5.86. The molecule has 0 radical (unpaired) electrons. The van der Waals surface area contributed by atoms with Gasteiger partial charge in [-0.15, -0.1) is 10.2 Å². The number of carbonyl (C=O) groups is 1. The smallest absolute Gasteiger partial charge is 0.320 e. The predicted octanol–water partition coefficient (Wildman–Crippen LogP) is 1.96. The van der Waals surface area contributed by atoms with Gasteiger partial charge in [0.15, 0.2) is 0 Å². The third kappa shape index (κ3) is 3.98. The van der Waals surface area contributed by atoms with Crippen LogP contribution in [0.1, 0.15) is 36.5 Å². The molecular formula is C14H21N7OS. The van der Waals surface area contributed by atoms with Gasteiger partial charge in [0.05, 0.1) is 11.7 Å². The van der Waals surface area contributed by atoms with Crippen LogP contribution in [-0.2, 0) is 6.42 Å². The molecule has 9 heteroatoms. The minimum atomic E-state index is -0.244. The van der Waals surface area contributed by atoms with Crippen molar-refractivity contribution in [3.63, 3.8) is 0 Å². The summed E-state index contributed by atoms with van der Waals surface area (Å²) in [5, 5.41) is 19.1. The van der Waals surface area contributed by atoms with Crippen molar-refractivity contribution in [1.29, 1.82) is 0 Å². The Morgan fingerprint density at radius 3 is 2.96 bits per heavy atom. The van der Waals surface area contributed by atoms with Crippen LogP contribution in [0.4, 0.5) is 15.7 Å². The molecule has 1 saturated carbocycles. The van der Waals surface area contributed by atoms with Gasteiger partial charge in [0.2, 0.25) is 5.13 Å². The van der Waals surface area contributed by atoms with E-state index < -0.39 is 0 Å². The van der Waals surface area contributed by atoms with Gasteiger partial charge in [-0.1, -0.05) is 11.3 Å². The highest BCUT2D eigenvalue weighted by Crippen LogP contribution is 2.40. The number of nitrogens with one attached hydrogen (secondary N) is 2. The number of hydrogen-bond acceptors (Lipinski definition) is 6. The third-order valence-corrected chi connectivity index (χ3v) is 4.71. The predicted molar refractivity (Wildman–Crippen MR) is 89.4 cm³/mol. The fourth-order valence-electron chi connectivity index (χ4n) is 2.51. The average molecular weight is 335 g/mol. The van der Waals surface area contributed by atoms with Gasteiger partial charge in [0.25, 0.3) is 0 Å². The van der Waals surface area contributed by atoms with Gasteiger partial charge in [0, 0.05) is 19.0 Å². The van der Waals surface area contributed by atoms with Gasteiger partial charge in [-0.3, -0.25) is 5.32 Å². The number of rotatable bonds is 6. The van der Waals surface area contributed by atoms with Crippen LogP contribution in [0.25, 0.3) is 0 Å². The molecule has 1 atom stereocenters. The summed E-state index contributed by atoms with van der Waals surface area (Å²) in [7, 11) is 0.